The first-order chi connectivity index (χ1) is 6.72. The van der Waals surface area contributed by atoms with Crippen molar-refractivity contribution in [3.05, 3.63) is 23.4 Å². The van der Waals surface area contributed by atoms with E-state index in [4.69, 9.17) is 11.6 Å². The first-order valence-corrected chi connectivity index (χ1v) is 4.25. The Morgan fingerprint density at radius 3 is 3.00 bits per heavy atom. The van der Waals surface area contributed by atoms with Crippen molar-refractivity contribution in [3.63, 3.8) is 0 Å². The molecular formula is C8H10ClN3O2. The summed E-state index contributed by atoms with van der Waals surface area (Å²) in [7, 11) is 1.49. The Morgan fingerprint density at radius 2 is 2.43 bits per heavy atom. The summed E-state index contributed by atoms with van der Waals surface area (Å²) < 4.78 is 4.66. The number of anilines is 1. The molecule has 0 fully saturated rings. The molecule has 14 heavy (non-hydrogen) atoms. The number of nitrogens with zero attached hydrogens (tertiary/aromatic N) is 1. The van der Waals surface area contributed by atoms with Crippen LogP contribution in [0.3, 0.4) is 0 Å². The zero-order valence-electron chi connectivity index (χ0n) is 7.58. The van der Waals surface area contributed by atoms with Gasteiger partial charge in [-0.1, -0.05) is 11.6 Å². The Labute approximate surface area is 86.4 Å². The molecule has 0 aliphatic carbocycles. The number of amides is 2. The number of pyridine rings is 1. The molecule has 0 aromatic carbocycles. The van der Waals surface area contributed by atoms with Crippen LogP contribution in [0.2, 0.25) is 5.02 Å². The number of nitrogens with one attached hydrogen (secondary N) is 2. The van der Waals surface area contributed by atoms with Crippen LogP contribution >= 0.6 is 11.6 Å². The second kappa shape index (κ2) is 5.41. The van der Waals surface area contributed by atoms with Gasteiger partial charge in [0.15, 0.2) is 0 Å². The number of methoxy groups -OCH3 is 1. The lowest BCUT2D eigenvalue weighted by Crippen LogP contribution is -2.30. The molecule has 5 nitrogen and oxygen atoms in total. The summed E-state index contributed by atoms with van der Waals surface area (Å²) in [5.41, 5.74) is 0. The number of carbonyl (C=O) groups is 1. The van der Waals surface area contributed by atoms with E-state index in [-0.39, 0.29) is 12.8 Å². The van der Waals surface area contributed by atoms with E-state index in [0.717, 1.165) is 0 Å². The van der Waals surface area contributed by atoms with Gasteiger partial charge in [-0.25, -0.2) is 9.78 Å². The van der Waals surface area contributed by atoms with Gasteiger partial charge in [0, 0.05) is 13.3 Å². The number of urea groups is 1. The van der Waals surface area contributed by atoms with Gasteiger partial charge in [0.2, 0.25) is 0 Å². The molecule has 0 aliphatic heterocycles. The third kappa shape index (κ3) is 3.59. The van der Waals surface area contributed by atoms with Crippen LogP contribution in [0.25, 0.3) is 0 Å². The summed E-state index contributed by atoms with van der Waals surface area (Å²) in [6.45, 7) is 0.152. The van der Waals surface area contributed by atoms with Gasteiger partial charge in [-0.15, -0.1) is 0 Å². The summed E-state index contributed by atoms with van der Waals surface area (Å²) in [5.74, 6) is 0.433. The standard InChI is InChI=1S/C8H10ClN3O2/c1-14-5-11-8(13)12-7-3-2-6(9)4-10-7/h2-4H,5H2,1H3,(H2,10,11,12,13). The molecule has 1 aromatic rings. The van der Waals surface area contributed by atoms with Gasteiger partial charge in [-0.05, 0) is 12.1 Å². The topological polar surface area (TPSA) is 63.2 Å². The Morgan fingerprint density at radius 1 is 1.64 bits per heavy atom. The van der Waals surface area contributed by atoms with E-state index < -0.39 is 0 Å². The highest BCUT2D eigenvalue weighted by Crippen LogP contribution is 2.08. The molecule has 0 saturated heterocycles. The van der Waals surface area contributed by atoms with Crippen molar-refractivity contribution in [1.29, 1.82) is 0 Å². The normalized spacial score (nSPS) is 9.57. The summed E-state index contributed by atoms with van der Waals surface area (Å²) >= 11 is 5.62. The maximum atomic E-state index is 11.1. The zero-order valence-corrected chi connectivity index (χ0v) is 8.34. The highest BCUT2D eigenvalue weighted by Gasteiger charge is 2.00. The molecule has 2 N–H and O–H groups in total. The largest absolute Gasteiger partial charge is 0.364 e. The third-order valence-corrected chi connectivity index (χ3v) is 1.57. The minimum absolute atomic E-state index is 0.152. The summed E-state index contributed by atoms with van der Waals surface area (Å²) in [5, 5.41) is 5.48. The monoisotopic (exact) mass is 215 g/mol. The van der Waals surface area contributed by atoms with Crippen LogP contribution in [0.4, 0.5) is 10.6 Å². The number of carbonyl (C=O) groups excluding carboxylic acids is 1. The van der Waals surface area contributed by atoms with Crippen molar-refractivity contribution in [2.45, 2.75) is 0 Å². The number of halogens is 1. The van der Waals surface area contributed by atoms with E-state index in [0.29, 0.717) is 10.8 Å². The van der Waals surface area contributed by atoms with Crippen molar-refractivity contribution in [1.82, 2.24) is 10.3 Å². The average molecular weight is 216 g/mol. The molecule has 0 unspecified atom stereocenters. The van der Waals surface area contributed by atoms with Gasteiger partial charge in [-0.2, -0.15) is 0 Å². The fraction of sp³-hybridized carbons (Fsp3) is 0.250. The van der Waals surface area contributed by atoms with Crippen molar-refractivity contribution in [3.8, 4) is 0 Å². The first-order valence-electron chi connectivity index (χ1n) is 3.87. The van der Waals surface area contributed by atoms with Crippen LogP contribution in [0.15, 0.2) is 18.3 Å². The molecule has 0 atom stereocenters. The van der Waals surface area contributed by atoms with Gasteiger partial charge >= 0.3 is 6.03 Å². The summed E-state index contributed by atoms with van der Waals surface area (Å²) in [6, 6.07) is 2.87. The highest BCUT2D eigenvalue weighted by molar-refractivity contribution is 6.30. The van der Waals surface area contributed by atoms with Crippen LogP contribution in [0.1, 0.15) is 0 Å². The van der Waals surface area contributed by atoms with E-state index >= 15 is 0 Å². The fourth-order valence-corrected chi connectivity index (χ4v) is 0.860. The summed E-state index contributed by atoms with van der Waals surface area (Å²) in [4.78, 5) is 15.0. The maximum absolute atomic E-state index is 11.1. The summed E-state index contributed by atoms with van der Waals surface area (Å²) in [6.07, 6.45) is 1.45. The molecule has 0 spiro atoms. The molecule has 2 amide bonds. The van der Waals surface area contributed by atoms with E-state index in [9.17, 15) is 4.79 Å². The minimum atomic E-state index is -0.373. The van der Waals surface area contributed by atoms with Gasteiger partial charge < -0.3 is 10.1 Å². The number of hydrogen-bond acceptors (Lipinski definition) is 3. The number of aromatic nitrogens is 1. The van der Waals surface area contributed by atoms with Crippen LogP contribution in [-0.2, 0) is 4.74 Å². The lowest BCUT2D eigenvalue weighted by molar-refractivity contribution is 0.177. The molecular weight excluding hydrogens is 206 g/mol. The molecule has 1 aromatic heterocycles. The van der Waals surface area contributed by atoms with Gasteiger partial charge in [0.25, 0.3) is 0 Å². The molecule has 6 heteroatoms. The van der Waals surface area contributed by atoms with Gasteiger partial charge in [-0.3, -0.25) is 5.32 Å². The first kappa shape index (κ1) is 10.7. The van der Waals surface area contributed by atoms with Gasteiger partial charge in [0.1, 0.15) is 12.5 Å². The Kier molecular flexibility index (Phi) is 4.15. The maximum Gasteiger partial charge on any atom is 0.322 e. The molecule has 0 radical (unpaired) electrons. The quantitative estimate of drug-likeness (QED) is 0.751. The smallest absolute Gasteiger partial charge is 0.322 e. The van der Waals surface area contributed by atoms with Crippen LogP contribution in [0, 0.1) is 0 Å². The number of rotatable bonds is 3. The lowest BCUT2D eigenvalue weighted by atomic mass is 10.4. The average Bonchev–Trinajstić information content (AvgIpc) is 2.18. The van der Waals surface area contributed by atoms with Crippen molar-refractivity contribution in [2.75, 3.05) is 19.2 Å². The second-order valence-corrected chi connectivity index (χ2v) is 2.86. The molecule has 0 saturated carbocycles. The Hall–Kier alpha value is -1.33. The molecule has 1 rings (SSSR count). The number of hydrogen-bond donors (Lipinski definition) is 2. The van der Waals surface area contributed by atoms with E-state index in [1.807, 2.05) is 0 Å². The molecule has 1 heterocycles. The second-order valence-electron chi connectivity index (χ2n) is 2.43. The van der Waals surface area contributed by atoms with Crippen LogP contribution in [0.5, 0.6) is 0 Å². The van der Waals surface area contributed by atoms with Gasteiger partial charge in [0.05, 0.1) is 5.02 Å². The van der Waals surface area contributed by atoms with Crippen LogP contribution in [-0.4, -0.2) is 24.9 Å². The van der Waals surface area contributed by atoms with E-state index in [1.54, 1.807) is 12.1 Å². The fourth-order valence-electron chi connectivity index (χ4n) is 0.748. The Bertz CT molecular complexity index is 302. The highest BCUT2D eigenvalue weighted by atomic mass is 35.5. The van der Waals surface area contributed by atoms with E-state index in [1.165, 1.54) is 13.3 Å². The lowest BCUT2D eigenvalue weighted by Gasteiger charge is -2.05. The van der Waals surface area contributed by atoms with Crippen LogP contribution < -0.4 is 10.6 Å². The minimum Gasteiger partial charge on any atom is -0.364 e. The van der Waals surface area contributed by atoms with Crippen molar-refractivity contribution >= 4 is 23.4 Å². The van der Waals surface area contributed by atoms with Crippen molar-refractivity contribution in [2.24, 2.45) is 0 Å². The molecule has 76 valence electrons. The SMILES string of the molecule is COCNC(=O)Nc1ccc(Cl)cn1. The van der Waals surface area contributed by atoms with Crippen molar-refractivity contribution < 1.29 is 9.53 Å². The molecule has 0 aliphatic rings. The number of ether oxygens (including phenoxy) is 1. The van der Waals surface area contributed by atoms with E-state index in [2.05, 4.69) is 20.4 Å². The third-order valence-electron chi connectivity index (χ3n) is 1.35. The zero-order chi connectivity index (χ0) is 10.4. The Balaban J connectivity index is 2.44. The molecule has 0 bridgehead atoms. The predicted molar refractivity (Wildman–Crippen MR) is 53.3 cm³/mol. The predicted octanol–water partition coefficient (Wildman–Crippen LogP) is 1.46.